The lowest BCUT2D eigenvalue weighted by molar-refractivity contribution is -0.130. The number of hydrogen-bond donors (Lipinski definition) is 3. The van der Waals surface area contributed by atoms with Crippen LogP contribution in [0.25, 0.3) is 0 Å². The van der Waals surface area contributed by atoms with Gasteiger partial charge >= 0.3 is 5.97 Å². The summed E-state index contributed by atoms with van der Waals surface area (Å²) in [5.41, 5.74) is -0.0523. The second kappa shape index (κ2) is 10.7. The van der Waals surface area contributed by atoms with Crippen LogP contribution in [0.3, 0.4) is 0 Å². The van der Waals surface area contributed by atoms with E-state index in [4.69, 9.17) is 18.9 Å². The first-order valence-corrected chi connectivity index (χ1v) is 9.18. The van der Waals surface area contributed by atoms with E-state index in [-0.39, 0.29) is 36.0 Å². The summed E-state index contributed by atoms with van der Waals surface area (Å²) in [6.07, 6.45) is -1.94. The van der Waals surface area contributed by atoms with Crippen LogP contribution in [0.1, 0.15) is 30.1 Å². The topological polar surface area (TPSA) is 141 Å². The van der Waals surface area contributed by atoms with Crippen molar-refractivity contribution in [3.63, 3.8) is 0 Å². The standard InChI is InChI=1S/C20H25NO9/c1-11-5-4-6-14(22)19(25)15(23)9-17(24)21-13-7-12(28-3)8-16(29-10-27-2)18(13)20(26)30-11/h4,6-8,11,15,19,23,25H,5,9-10H2,1-3H3,(H,21,24)/b6-4-/t11-,15-,19+/m0/s1. The van der Waals surface area contributed by atoms with Crippen LogP contribution >= 0.6 is 0 Å². The Morgan fingerprint density at radius 1 is 1.20 bits per heavy atom. The van der Waals surface area contributed by atoms with Gasteiger partial charge in [-0.3, -0.25) is 9.59 Å². The fraction of sp³-hybridized carbons (Fsp3) is 0.450. The minimum absolute atomic E-state index is 0.0169. The van der Waals surface area contributed by atoms with E-state index in [1.807, 2.05) is 0 Å². The largest absolute Gasteiger partial charge is 0.497 e. The summed E-state index contributed by atoms with van der Waals surface area (Å²) in [6, 6.07) is 2.83. The van der Waals surface area contributed by atoms with E-state index >= 15 is 0 Å². The number of methoxy groups -OCH3 is 2. The normalized spacial score (nSPS) is 24.2. The monoisotopic (exact) mass is 423 g/mol. The van der Waals surface area contributed by atoms with E-state index in [9.17, 15) is 24.6 Å². The number of aliphatic hydroxyl groups is 2. The second-order valence-corrected chi connectivity index (χ2v) is 6.62. The van der Waals surface area contributed by atoms with Gasteiger partial charge in [0.05, 0.1) is 25.3 Å². The highest BCUT2D eigenvalue weighted by molar-refractivity contribution is 6.04. The van der Waals surface area contributed by atoms with Crippen LogP contribution in [-0.4, -0.2) is 67.2 Å². The van der Waals surface area contributed by atoms with Crippen molar-refractivity contribution in [1.29, 1.82) is 0 Å². The predicted molar refractivity (Wildman–Crippen MR) is 104 cm³/mol. The van der Waals surface area contributed by atoms with Crippen molar-refractivity contribution in [3.05, 3.63) is 29.8 Å². The average Bonchev–Trinajstić information content (AvgIpc) is 2.69. The molecule has 3 atom stereocenters. The molecule has 0 spiro atoms. The fourth-order valence-corrected chi connectivity index (χ4v) is 2.71. The van der Waals surface area contributed by atoms with Gasteiger partial charge in [0.2, 0.25) is 5.91 Å². The number of rotatable bonds is 4. The first kappa shape index (κ1) is 23.3. The predicted octanol–water partition coefficient (Wildman–Crippen LogP) is 0.803. The molecule has 1 heterocycles. The van der Waals surface area contributed by atoms with E-state index in [0.29, 0.717) is 0 Å². The van der Waals surface area contributed by atoms with Crippen LogP contribution < -0.4 is 14.8 Å². The van der Waals surface area contributed by atoms with Crippen molar-refractivity contribution in [1.82, 2.24) is 0 Å². The third kappa shape index (κ3) is 6.02. The highest BCUT2D eigenvalue weighted by Gasteiger charge is 2.28. The van der Waals surface area contributed by atoms with Crippen molar-refractivity contribution < 1.29 is 43.5 Å². The molecule has 2 rings (SSSR count). The van der Waals surface area contributed by atoms with Gasteiger partial charge < -0.3 is 34.5 Å². The van der Waals surface area contributed by atoms with Crippen molar-refractivity contribution in [2.24, 2.45) is 0 Å². The molecule has 0 saturated heterocycles. The lowest BCUT2D eigenvalue weighted by Crippen LogP contribution is -2.36. The summed E-state index contributed by atoms with van der Waals surface area (Å²) in [5, 5.41) is 22.4. The Morgan fingerprint density at radius 2 is 1.93 bits per heavy atom. The molecule has 0 radical (unpaired) electrons. The van der Waals surface area contributed by atoms with Crippen molar-refractivity contribution in [2.45, 2.75) is 38.1 Å². The van der Waals surface area contributed by atoms with E-state index in [2.05, 4.69) is 5.32 Å². The summed E-state index contributed by atoms with van der Waals surface area (Å²) in [5.74, 6) is -1.95. The molecular formula is C20H25NO9. The molecule has 1 aromatic rings. The van der Waals surface area contributed by atoms with Gasteiger partial charge in [0.1, 0.15) is 29.3 Å². The minimum atomic E-state index is -1.77. The Bertz CT molecular complexity index is 821. The number of aliphatic hydroxyl groups excluding tert-OH is 2. The number of carbonyl (C=O) groups excluding carboxylic acids is 3. The third-order valence-corrected chi connectivity index (χ3v) is 4.23. The number of nitrogens with one attached hydrogen (secondary N) is 1. The fourth-order valence-electron chi connectivity index (χ4n) is 2.71. The van der Waals surface area contributed by atoms with Gasteiger partial charge in [-0.2, -0.15) is 0 Å². The summed E-state index contributed by atoms with van der Waals surface area (Å²) in [4.78, 5) is 37.2. The molecule has 0 bridgehead atoms. The molecule has 164 valence electrons. The zero-order valence-electron chi connectivity index (χ0n) is 16.9. The molecule has 10 heteroatoms. The minimum Gasteiger partial charge on any atom is -0.497 e. The van der Waals surface area contributed by atoms with Gasteiger partial charge in [-0.15, -0.1) is 0 Å². The molecule has 1 amide bonds. The molecule has 10 nitrogen and oxygen atoms in total. The number of anilines is 1. The molecule has 3 N–H and O–H groups in total. The van der Waals surface area contributed by atoms with Gasteiger partial charge in [-0.05, 0) is 13.0 Å². The SMILES string of the molecule is COCOc1cc(OC)cc2c1C(=O)O[C@@H](C)C/C=C\C(=O)[C@@H](O)[C@@H](O)CC(=O)N2. The Morgan fingerprint density at radius 3 is 2.60 bits per heavy atom. The van der Waals surface area contributed by atoms with Gasteiger partial charge in [-0.1, -0.05) is 6.08 Å². The molecule has 0 saturated carbocycles. The van der Waals surface area contributed by atoms with Crippen LogP contribution in [0.2, 0.25) is 0 Å². The quantitative estimate of drug-likeness (QED) is 0.474. The van der Waals surface area contributed by atoms with Crippen LogP contribution in [-0.2, 0) is 19.1 Å². The lowest BCUT2D eigenvalue weighted by Gasteiger charge is -2.20. The number of hydrogen-bond acceptors (Lipinski definition) is 9. The highest BCUT2D eigenvalue weighted by Crippen LogP contribution is 2.34. The van der Waals surface area contributed by atoms with Crippen molar-refractivity contribution >= 4 is 23.3 Å². The number of ether oxygens (including phenoxy) is 4. The summed E-state index contributed by atoms with van der Waals surface area (Å²) in [7, 11) is 2.80. The Hall–Kier alpha value is -2.95. The zero-order chi connectivity index (χ0) is 22.3. The smallest absolute Gasteiger partial charge is 0.344 e. The first-order valence-electron chi connectivity index (χ1n) is 9.18. The number of carbonyl (C=O) groups is 3. The highest BCUT2D eigenvalue weighted by atomic mass is 16.7. The number of amides is 1. The molecule has 1 aliphatic rings. The van der Waals surface area contributed by atoms with Crippen LogP contribution in [0, 0.1) is 0 Å². The second-order valence-electron chi connectivity index (χ2n) is 6.62. The number of fused-ring (bicyclic) bond motifs is 1. The Labute approximate surface area is 173 Å². The molecule has 0 aliphatic carbocycles. The lowest BCUT2D eigenvalue weighted by atomic mass is 10.0. The summed E-state index contributed by atoms with van der Waals surface area (Å²) in [6.45, 7) is 1.44. The molecule has 0 fully saturated rings. The molecule has 0 unspecified atom stereocenters. The molecular weight excluding hydrogens is 398 g/mol. The van der Waals surface area contributed by atoms with Gasteiger partial charge in [-0.25, -0.2) is 4.79 Å². The average molecular weight is 423 g/mol. The van der Waals surface area contributed by atoms with E-state index in [0.717, 1.165) is 6.08 Å². The Kier molecular flexibility index (Phi) is 8.34. The Balaban J connectivity index is 2.51. The summed E-state index contributed by atoms with van der Waals surface area (Å²) >= 11 is 0. The van der Waals surface area contributed by atoms with Gasteiger partial charge in [0.25, 0.3) is 0 Å². The number of cyclic esters (lactones) is 1. The van der Waals surface area contributed by atoms with E-state index in [1.165, 1.54) is 32.4 Å². The van der Waals surface area contributed by atoms with E-state index < -0.39 is 42.4 Å². The molecule has 1 aromatic carbocycles. The van der Waals surface area contributed by atoms with E-state index in [1.54, 1.807) is 6.92 Å². The van der Waals surface area contributed by atoms with Crippen LogP contribution in [0.4, 0.5) is 5.69 Å². The van der Waals surface area contributed by atoms with Gasteiger partial charge in [0, 0.05) is 25.7 Å². The van der Waals surface area contributed by atoms with Crippen molar-refractivity contribution in [2.75, 3.05) is 26.3 Å². The van der Waals surface area contributed by atoms with Crippen LogP contribution in [0.5, 0.6) is 11.5 Å². The summed E-state index contributed by atoms with van der Waals surface area (Å²) < 4.78 is 20.9. The maximum atomic E-state index is 12.8. The molecule has 30 heavy (non-hydrogen) atoms. The molecule has 1 aliphatic heterocycles. The van der Waals surface area contributed by atoms with Crippen molar-refractivity contribution in [3.8, 4) is 11.5 Å². The molecule has 0 aromatic heterocycles. The number of esters is 1. The van der Waals surface area contributed by atoms with Crippen LogP contribution in [0.15, 0.2) is 24.3 Å². The first-order chi connectivity index (χ1) is 14.3. The maximum absolute atomic E-state index is 12.8. The zero-order valence-corrected chi connectivity index (χ0v) is 16.9. The van der Waals surface area contributed by atoms with Gasteiger partial charge in [0.15, 0.2) is 12.6 Å². The number of ketones is 1. The number of benzene rings is 1. The maximum Gasteiger partial charge on any atom is 0.344 e. The third-order valence-electron chi connectivity index (χ3n) is 4.23.